The SMILES string of the molecule is c1ccc2c(c1)oc1ccc(-n3c4ccccc4c4c5sc6c(ccc7oc8ccccc8c76)c5ccc43)cc12. The number of benzene rings is 6. The summed E-state index contributed by atoms with van der Waals surface area (Å²) in [4.78, 5) is 0. The summed E-state index contributed by atoms with van der Waals surface area (Å²) in [5.41, 5.74) is 7.25. The summed E-state index contributed by atoms with van der Waals surface area (Å²) in [6.07, 6.45) is 0. The van der Waals surface area contributed by atoms with Gasteiger partial charge in [-0.2, -0.15) is 0 Å². The molecule has 0 radical (unpaired) electrons. The normalized spacial score (nSPS) is 12.5. The molecule has 0 amide bonds. The third-order valence-corrected chi connectivity index (χ3v) is 9.66. The van der Waals surface area contributed by atoms with Crippen molar-refractivity contribution in [3.8, 4) is 5.69 Å². The smallest absolute Gasteiger partial charge is 0.136 e. The maximum atomic E-state index is 6.23. The van der Waals surface area contributed by atoms with Gasteiger partial charge in [0, 0.05) is 58.2 Å². The molecule has 0 fully saturated rings. The zero-order valence-corrected chi connectivity index (χ0v) is 22.0. The van der Waals surface area contributed by atoms with Crippen molar-refractivity contribution in [2.75, 3.05) is 0 Å². The minimum Gasteiger partial charge on any atom is -0.456 e. The molecule has 4 heterocycles. The van der Waals surface area contributed by atoms with E-state index >= 15 is 0 Å². The Balaban J connectivity index is 1.35. The second-order valence-corrected chi connectivity index (χ2v) is 11.5. The van der Waals surface area contributed by atoms with Crippen LogP contribution in [0.25, 0.3) is 91.5 Å². The molecule has 0 aliphatic rings. The Labute approximate surface area is 231 Å². The zero-order valence-electron chi connectivity index (χ0n) is 21.1. The van der Waals surface area contributed by atoms with Crippen LogP contribution in [0, 0.1) is 0 Å². The number of rotatable bonds is 1. The molecule has 40 heavy (non-hydrogen) atoms. The lowest BCUT2D eigenvalue weighted by Crippen LogP contribution is -1.93. The Hall–Kier alpha value is -5.06. The minimum atomic E-state index is 0.911. The number of nitrogens with zero attached hydrogens (tertiary/aromatic N) is 1. The summed E-state index contributed by atoms with van der Waals surface area (Å²) < 4.78 is 17.4. The Morgan fingerprint density at radius 2 is 1.05 bits per heavy atom. The van der Waals surface area contributed by atoms with Gasteiger partial charge in [-0.25, -0.2) is 0 Å². The fraction of sp³-hybridized carbons (Fsp3) is 0. The standard InChI is InChI=1S/C36H19NO2S/c1-4-10-27-24(8-1)33-28(37(27)20-13-17-31-26(19-20)21-7-2-5-11-29(21)38-31)16-14-22-23-15-18-32-34(36(23)40-35(22)33)25-9-3-6-12-30(25)39-32/h1-19H. The Bertz CT molecular complexity index is 2660. The first-order valence-electron chi connectivity index (χ1n) is 13.4. The molecule has 0 unspecified atom stereocenters. The molecule has 10 aromatic rings. The largest absolute Gasteiger partial charge is 0.456 e. The molecule has 0 saturated heterocycles. The number of fused-ring (bicyclic) bond motifs is 14. The van der Waals surface area contributed by atoms with Crippen molar-refractivity contribution < 1.29 is 8.83 Å². The van der Waals surface area contributed by atoms with Crippen LogP contribution in [0.15, 0.2) is 124 Å². The molecule has 10 rings (SSSR count). The fourth-order valence-electron chi connectivity index (χ4n) is 6.68. The molecule has 0 atom stereocenters. The van der Waals surface area contributed by atoms with Gasteiger partial charge in [0.15, 0.2) is 0 Å². The summed E-state index contributed by atoms with van der Waals surface area (Å²) in [5.74, 6) is 0. The highest BCUT2D eigenvalue weighted by atomic mass is 32.1. The second-order valence-electron chi connectivity index (χ2n) is 10.5. The minimum absolute atomic E-state index is 0.911. The van der Waals surface area contributed by atoms with E-state index in [1.807, 2.05) is 29.5 Å². The monoisotopic (exact) mass is 529 g/mol. The zero-order chi connectivity index (χ0) is 25.9. The van der Waals surface area contributed by atoms with Crippen LogP contribution < -0.4 is 0 Å². The first-order chi connectivity index (χ1) is 19.8. The second kappa shape index (κ2) is 7.32. The molecule has 4 heteroatoms. The summed E-state index contributed by atoms with van der Waals surface area (Å²) >= 11 is 1.88. The van der Waals surface area contributed by atoms with Crippen molar-refractivity contribution in [3.63, 3.8) is 0 Å². The number of hydrogen-bond acceptors (Lipinski definition) is 3. The van der Waals surface area contributed by atoms with Gasteiger partial charge in [0.25, 0.3) is 0 Å². The van der Waals surface area contributed by atoms with Crippen LogP contribution >= 0.6 is 11.3 Å². The van der Waals surface area contributed by atoms with E-state index in [0.29, 0.717) is 0 Å². The van der Waals surface area contributed by atoms with Gasteiger partial charge in [0.2, 0.25) is 0 Å². The van der Waals surface area contributed by atoms with Gasteiger partial charge in [0.05, 0.1) is 11.0 Å². The fourth-order valence-corrected chi connectivity index (χ4v) is 8.09. The molecular weight excluding hydrogens is 510 g/mol. The molecule has 0 bridgehead atoms. The maximum Gasteiger partial charge on any atom is 0.136 e. The lowest BCUT2D eigenvalue weighted by molar-refractivity contribution is 0.668. The van der Waals surface area contributed by atoms with Gasteiger partial charge in [-0.15, -0.1) is 11.3 Å². The van der Waals surface area contributed by atoms with E-state index in [4.69, 9.17) is 8.83 Å². The molecule has 0 spiro atoms. The van der Waals surface area contributed by atoms with Crippen LogP contribution in [0.3, 0.4) is 0 Å². The van der Waals surface area contributed by atoms with Crippen LogP contribution in [-0.4, -0.2) is 4.57 Å². The molecule has 186 valence electrons. The van der Waals surface area contributed by atoms with Crippen molar-refractivity contribution in [3.05, 3.63) is 115 Å². The van der Waals surface area contributed by atoms with E-state index in [2.05, 4.69) is 102 Å². The van der Waals surface area contributed by atoms with E-state index in [1.54, 1.807) is 0 Å². The van der Waals surface area contributed by atoms with Gasteiger partial charge >= 0.3 is 0 Å². The highest BCUT2D eigenvalue weighted by Crippen LogP contribution is 2.47. The first kappa shape index (κ1) is 20.8. The number of hydrogen-bond donors (Lipinski definition) is 0. The highest BCUT2D eigenvalue weighted by molar-refractivity contribution is 7.27. The van der Waals surface area contributed by atoms with Crippen molar-refractivity contribution >= 4 is 97.2 Å². The predicted octanol–water partition coefficient (Wildman–Crippen LogP) is 11.0. The Kier molecular flexibility index (Phi) is 3.81. The number of aromatic nitrogens is 1. The lowest BCUT2D eigenvalue weighted by atomic mass is 10.1. The maximum absolute atomic E-state index is 6.23. The van der Waals surface area contributed by atoms with Crippen LogP contribution in [0.2, 0.25) is 0 Å². The average molecular weight is 530 g/mol. The number of para-hydroxylation sites is 3. The topological polar surface area (TPSA) is 31.2 Å². The van der Waals surface area contributed by atoms with E-state index in [-0.39, 0.29) is 0 Å². The van der Waals surface area contributed by atoms with E-state index < -0.39 is 0 Å². The molecule has 4 aromatic heterocycles. The van der Waals surface area contributed by atoms with Gasteiger partial charge in [0.1, 0.15) is 22.3 Å². The third-order valence-electron chi connectivity index (χ3n) is 8.40. The van der Waals surface area contributed by atoms with Gasteiger partial charge in [-0.3, -0.25) is 0 Å². The van der Waals surface area contributed by atoms with Crippen molar-refractivity contribution in [2.24, 2.45) is 0 Å². The van der Waals surface area contributed by atoms with E-state index in [1.165, 1.54) is 52.8 Å². The summed E-state index contributed by atoms with van der Waals surface area (Å²) in [6, 6.07) is 40.9. The van der Waals surface area contributed by atoms with Crippen LogP contribution in [0.4, 0.5) is 0 Å². The third kappa shape index (κ3) is 2.54. The Morgan fingerprint density at radius 3 is 1.93 bits per heavy atom. The quantitative estimate of drug-likeness (QED) is 0.212. The summed E-state index contributed by atoms with van der Waals surface area (Å²) in [7, 11) is 0. The van der Waals surface area contributed by atoms with Crippen LogP contribution in [0.5, 0.6) is 0 Å². The molecule has 0 saturated carbocycles. The van der Waals surface area contributed by atoms with E-state index in [9.17, 15) is 0 Å². The number of furan rings is 2. The Morgan fingerprint density at radius 1 is 0.425 bits per heavy atom. The molecule has 3 nitrogen and oxygen atoms in total. The molecule has 6 aromatic carbocycles. The molecule has 0 N–H and O–H groups in total. The summed E-state index contributed by atoms with van der Waals surface area (Å²) in [5, 5.41) is 9.80. The van der Waals surface area contributed by atoms with Gasteiger partial charge in [-0.1, -0.05) is 60.7 Å². The van der Waals surface area contributed by atoms with Gasteiger partial charge in [-0.05, 0) is 54.6 Å². The molecule has 0 aliphatic carbocycles. The first-order valence-corrected chi connectivity index (χ1v) is 14.3. The molecular formula is C36H19NO2S. The summed E-state index contributed by atoms with van der Waals surface area (Å²) in [6.45, 7) is 0. The van der Waals surface area contributed by atoms with E-state index in [0.717, 1.165) is 38.8 Å². The number of thiophene rings is 1. The van der Waals surface area contributed by atoms with Gasteiger partial charge < -0.3 is 13.4 Å². The van der Waals surface area contributed by atoms with Crippen LogP contribution in [0.1, 0.15) is 0 Å². The van der Waals surface area contributed by atoms with Crippen molar-refractivity contribution in [1.82, 2.24) is 4.57 Å². The van der Waals surface area contributed by atoms with Crippen molar-refractivity contribution in [2.45, 2.75) is 0 Å². The predicted molar refractivity (Wildman–Crippen MR) is 168 cm³/mol. The lowest BCUT2D eigenvalue weighted by Gasteiger charge is -2.08. The average Bonchev–Trinajstić information content (AvgIpc) is 3.74. The highest BCUT2D eigenvalue weighted by Gasteiger charge is 2.20. The van der Waals surface area contributed by atoms with Crippen LogP contribution in [-0.2, 0) is 0 Å². The molecule has 0 aliphatic heterocycles. The van der Waals surface area contributed by atoms with Crippen molar-refractivity contribution in [1.29, 1.82) is 0 Å².